The van der Waals surface area contributed by atoms with Gasteiger partial charge in [-0.2, -0.15) is 0 Å². The number of rotatable bonds is 9. The van der Waals surface area contributed by atoms with Crippen LogP contribution in [-0.4, -0.2) is 64.9 Å². The highest BCUT2D eigenvalue weighted by Gasteiger charge is 2.41. The van der Waals surface area contributed by atoms with Crippen LogP contribution in [0.15, 0.2) is 42.6 Å². The summed E-state index contributed by atoms with van der Waals surface area (Å²) < 4.78 is 30.7. The van der Waals surface area contributed by atoms with Crippen LogP contribution in [0.3, 0.4) is 0 Å². The van der Waals surface area contributed by atoms with Crippen LogP contribution in [0.5, 0.6) is 0 Å². The molecule has 1 aliphatic carbocycles. The summed E-state index contributed by atoms with van der Waals surface area (Å²) in [6.45, 7) is 17.6. The van der Waals surface area contributed by atoms with Crippen molar-refractivity contribution in [3.8, 4) is 0 Å². The molecule has 1 N–H and O–H groups in total. The summed E-state index contributed by atoms with van der Waals surface area (Å²) in [6, 6.07) is 13.0. The number of benzene rings is 1. The fraction of sp³-hybridized carbons (Fsp3) is 0.656. The highest BCUT2D eigenvalue weighted by atomic mass is 32.2. The maximum atomic E-state index is 11.8. The van der Waals surface area contributed by atoms with E-state index in [4.69, 9.17) is 9.41 Å². The normalized spacial score (nSPS) is 24.9. The first kappa shape index (κ1) is 31.4. The summed E-state index contributed by atoms with van der Waals surface area (Å²) in [6.07, 6.45) is 7.55. The lowest BCUT2D eigenvalue weighted by Crippen LogP contribution is -2.46. The smallest absolute Gasteiger partial charge is 0.192 e. The van der Waals surface area contributed by atoms with Gasteiger partial charge in [-0.3, -0.25) is 4.98 Å². The molecule has 4 rings (SSSR count). The predicted molar refractivity (Wildman–Crippen MR) is 168 cm³/mol. The highest BCUT2D eigenvalue weighted by Crippen LogP contribution is 2.43. The Balaban J connectivity index is 1.50. The van der Waals surface area contributed by atoms with E-state index in [1.54, 1.807) is 0 Å². The van der Waals surface area contributed by atoms with E-state index >= 15 is 0 Å². The van der Waals surface area contributed by atoms with Crippen LogP contribution in [0.1, 0.15) is 74.4 Å². The lowest BCUT2D eigenvalue weighted by molar-refractivity contribution is 0.101. The fourth-order valence-corrected chi connectivity index (χ4v) is 8.09. The van der Waals surface area contributed by atoms with E-state index in [1.165, 1.54) is 22.9 Å². The zero-order chi connectivity index (χ0) is 29.1. The Labute approximate surface area is 244 Å². The van der Waals surface area contributed by atoms with Crippen LogP contribution in [0.4, 0.5) is 0 Å². The molecule has 1 fully saturated rings. The first-order valence-electron chi connectivity index (χ1n) is 15.0. The molecule has 2 heterocycles. The standard InChI is InChI=1S/C32H51N3O3SSi/c1-24-11-8-9-13-28(24)29-16-18-35(22-27(29)20-33-23-39(5,36)37)21-25-14-15-26-12-10-17-34-31(26)30(19-25)38-40(6,7)32(2,3)4/h8-13,17,25,27,29-30,33H,14-16,18-23H2,1-7H3/t25-,27-,29+,30+/m1/s1. The summed E-state index contributed by atoms with van der Waals surface area (Å²) in [5, 5.41) is 3.42. The van der Waals surface area contributed by atoms with Gasteiger partial charge in [-0.25, -0.2) is 8.42 Å². The summed E-state index contributed by atoms with van der Waals surface area (Å²) in [5.74, 6) is 1.36. The first-order valence-corrected chi connectivity index (χ1v) is 20.0. The third-order valence-electron chi connectivity index (χ3n) is 9.54. The second-order valence-corrected chi connectivity index (χ2v) is 20.7. The number of sulfone groups is 1. The van der Waals surface area contributed by atoms with Crippen LogP contribution in [-0.2, 0) is 20.7 Å². The number of aryl methyl sites for hydroxylation is 2. The summed E-state index contributed by atoms with van der Waals surface area (Å²) in [5.41, 5.74) is 5.23. The number of hydrogen-bond donors (Lipinski definition) is 1. The summed E-state index contributed by atoms with van der Waals surface area (Å²) in [4.78, 5) is 7.49. The zero-order valence-corrected chi connectivity index (χ0v) is 27.6. The monoisotopic (exact) mass is 585 g/mol. The van der Waals surface area contributed by atoms with E-state index in [1.807, 2.05) is 6.20 Å². The van der Waals surface area contributed by atoms with Gasteiger partial charge in [-0.1, -0.05) is 51.1 Å². The predicted octanol–water partition coefficient (Wildman–Crippen LogP) is 6.10. The molecule has 0 amide bonds. The lowest BCUT2D eigenvalue weighted by atomic mass is 9.78. The molecule has 0 radical (unpaired) electrons. The van der Waals surface area contributed by atoms with Crippen LogP contribution >= 0.6 is 0 Å². The van der Waals surface area contributed by atoms with Crippen molar-refractivity contribution < 1.29 is 12.8 Å². The van der Waals surface area contributed by atoms with Gasteiger partial charge in [-0.15, -0.1) is 0 Å². The van der Waals surface area contributed by atoms with Crippen LogP contribution < -0.4 is 5.32 Å². The first-order chi connectivity index (χ1) is 18.7. The van der Waals surface area contributed by atoms with Gasteiger partial charge >= 0.3 is 0 Å². The number of pyridine rings is 1. The topological polar surface area (TPSA) is 71.5 Å². The van der Waals surface area contributed by atoms with Crippen molar-refractivity contribution in [2.75, 3.05) is 38.3 Å². The van der Waals surface area contributed by atoms with Crippen molar-refractivity contribution >= 4 is 18.2 Å². The SMILES string of the molecule is Cc1ccccc1[C@H]1CCN(C[C@@H]2CCc3cccnc3[C@@H](O[Si](C)(C)C(C)(C)C)C2)C[C@H]1CNCS(C)(=O)=O. The van der Waals surface area contributed by atoms with Crippen molar-refractivity contribution in [3.63, 3.8) is 0 Å². The van der Waals surface area contributed by atoms with Crippen molar-refractivity contribution in [3.05, 3.63) is 65.0 Å². The van der Waals surface area contributed by atoms with E-state index in [0.29, 0.717) is 24.3 Å². The number of aromatic nitrogens is 1. The average molecular weight is 586 g/mol. The third-order valence-corrected chi connectivity index (χ3v) is 14.8. The van der Waals surface area contributed by atoms with E-state index in [9.17, 15) is 8.42 Å². The van der Waals surface area contributed by atoms with Gasteiger partial charge < -0.3 is 14.6 Å². The molecule has 6 nitrogen and oxygen atoms in total. The Morgan fingerprint density at radius 2 is 1.88 bits per heavy atom. The molecule has 4 atom stereocenters. The third kappa shape index (κ3) is 8.03. The van der Waals surface area contributed by atoms with Crippen LogP contribution in [0.2, 0.25) is 18.1 Å². The van der Waals surface area contributed by atoms with Crippen LogP contribution in [0.25, 0.3) is 0 Å². The molecular formula is C32H51N3O3SSi. The summed E-state index contributed by atoms with van der Waals surface area (Å²) >= 11 is 0. The molecule has 2 aromatic rings. The second kappa shape index (κ2) is 12.7. The maximum Gasteiger partial charge on any atom is 0.192 e. The van der Waals surface area contributed by atoms with Gasteiger partial charge in [-0.05, 0) is 97.8 Å². The molecule has 40 heavy (non-hydrogen) atoms. The largest absolute Gasteiger partial charge is 0.408 e. The van der Waals surface area contributed by atoms with E-state index in [2.05, 4.69) is 87.4 Å². The number of fused-ring (bicyclic) bond motifs is 1. The minimum atomic E-state index is -3.05. The van der Waals surface area contributed by atoms with Crippen molar-refractivity contribution in [2.24, 2.45) is 11.8 Å². The summed E-state index contributed by atoms with van der Waals surface area (Å²) in [7, 11) is -5.02. The Kier molecular flexibility index (Phi) is 9.98. The number of piperidine rings is 1. The quantitative estimate of drug-likeness (QED) is 0.283. The van der Waals surface area contributed by atoms with E-state index in [-0.39, 0.29) is 17.0 Å². The molecule has 1 saturated heterocycles. The van der Waals surface area contributed by atoms with Gasteiger partial charge in [0.1, 0.15) is 0 Å². The Morgan fingerprint density at radius 1 is 1.12 bits per heavy atom. The molecule has 222 valence electrons. The number of nitrogens with one attached hydrogen (secondary N) is 1. The minimum Gasteiger partial charge on any atom is -0.408 e. The van der Waals surface area contributed by atoms with E-state index < -0.39 is 18.2 Å². The molecule has 0 spiro atoms. The molecular weight excluding hydrogens is 535 g/mol. The van der Waals surface area contributed by atoms with Gasteiger partial charge in [0.25, 0.3) is 0 Å². The van der Waals surface area contributed by atoms with Gasteiger partial charge in [0, 0.05) is 32.1 Å². The number of hydrogen-bond acceptors (Lipinski definition) is 6. The van der Waals surface area contributed by atoms with Crippen LogP contribution in [0, 0.1) is 18.8 Å². The molecule has 0 bridgehead atoms. The molecule has 0 saturated carbocycles. The molecule has 8 heteroatoms. The fourth-order valence-electron chi connectivity index (χ4n) is 6.33. The molecule has 0 unspecified atom stereocenters. The Morgan fingerprint density at radius 3 is 2.58 bits per heavy atom. The van der Waals surface area contributed by atoms with Gasteiger partial charge in [0.15, 0.2) is 18.2 Å². The Hall–Kier alpha value is -1.58. The second-order valence-electron chi connectivity index (χ2n) is 13.9. The lowest BCUT2D eigenvalue weighted by Gasteiger charge is -2.42. The molecule has 1 aromatic heterocycles. The zero-order valence-electron chi connectivity index (χ0n) is 25.7. The minimum absolute atomic E-state index is 0.0321. The van der Waals surface area contributed by atoms with Crippen molar-refractivity contribution in [1.29, 1.82) is 0 Å². The van der Waals surface area contributed by atoms with Gasteiger partial charge in [0.2, 0.25) is 0 Å². The molecule has 1 aliphatic heterocycles. The maximum absolute atomic E-state index is 11.8. The Bertz CT molecular complexity index is 1240. The van der Waals surface area contributed by atoms with Crippen molar-refractivity contribution in [2.45, 2.75) is 83.5 Å². The number of nitrogens with zero attached hydrogens (tertiary/aromatic N) is 2. The number of likely N-dealkylation sites (tertiary alicyclic amines) is 1. The van der Waals surface area contributed by atoms with Crippen molar-refractivity contribution in [1.82, 2.24) is 15.2 Å². The van der Waals surface area contributed by atoms with E-state index in [0.717, 1.165) is 51.0 Å². The van der Waals surface area contributed by atoms with Gasteiger partial charge in [0.05, 0.1) is 17.7 Å². The average Bonchev–Trinajstić information content (AvgIpc) is 3.02. The molecule has 1 aromatic carbocycles. The highest BCUT2D eigenvalue weighted by molar-refractivity contribution is 7.90. The molecule has 2 aliphatic rings.